The molecule has 104 valence electrons. The Bertz CT molecular complexity index is 253. The van der Waals surface area contributed by atoms with E-state index >= 15 is 0 Å². The molecule has 1 rings (SSSR count). The molecule has 1 aliphatic heterocycles. The summed E-state index contributed by atoms with van der Waals surface area (Å²) >= 11 is 0. The van der Waals surface area contributed by atoms with E-state index in [0.29, 0.717) is 13.2 Å². The van der Waals surface area contributed by atoms with E-state index in [-0.39, 0.29) is 6.29 Å². The van der Waals surface area contributed by atoms with Crippen LogP contribution in [0.5, 0.6) is 0 Å². The van der Waals surface area contributed by atoms with Crippen molar-refractivity contribution in [3.8, 4) is 0 Å². The normalized spacial score (nSPS) is 16.1. The lowest BCUT2D eigenvalue weighted by Crippen LogP contribution is -2.13. The molecule has 18 heavy (non-hydrogen) atoms. The Morgan fingerprint density at radius 2 is 1.33 bits per heavy atom. The molecule has 0 bridgehead atoms. The van der Waals surface area contributed by atoms with Gasteiger partial charge in [0.25, 0.3) is 0 Å². The molecular formula is C16H28O2. The predicted octanol–water partition coefficient (Wildman–Crippen LogP) is 4.66. The molecule has 1 aliphatic rings. The highest BCUT2D eigenvalue weighted by Crippen LogP contribution is 2.15. The van der Waals surface area contributed by atoms with E-state index in [0.717, 1.165) is 11.1 Å². The van der Waals surface area contributed by atoms with Crippen LogP contribution in [0, 0.1) is 0 Å². The highest BCUT2D eigenvalue weighted by Gasteiger charge is 2.13. The maximum atomic E-state index is 5.49. The van der Waals surface area contributed by atoms with Gasteiger partial charge < -0.3 is 9.47 Å². The number of ether oxygens (including phenoxy) is 2. The summed E-state index contributed by atoms with van der Waals surface area (Å²) in [5.74, 6) is 0. The lowest BCUT2D eigenvalue weighted by atomic mass is 10.1. The molecule has 0 aromatic rings. The number of hydrogen-bond donors (Lipinski definition) is 0. The molecular weight excluding hydrogens is 224 g/mol. The van der Waals surface area contributed by atoms with Crippen molar-refractivity contribution in [2.45, 2.75) is 40.9 Å². The van der Waals surface area contributed by atoms with Crippen molar-refractivity contribution in [2.24, 2.45) is 0 Å². The second-order valence-corrected chi connectivity index (χ2v) is 2.97. The molecule has 0 saturated carbocycles. The van der Waals surface area contributed by atoms with Crippen molar-refractivity contribution in [1.82, 2.24) is 0 Å². The molecule has 0 saturated heterocycles. The maximum absolute atomic E-state index is 5.49. The average molecular weight is 252 g/mol. The van der Waals surface area contributed by atoms with E-state index in [1.807, 2.05) is 46.8 Å². The van der Waals surface area contributed by atoms with Gasteiger partial charge in [-0.05, 0) is 24.1 Å². The van der Waals surface area contributed by atoms with Gasteiger partial charge in [0.15, 0.2) is 6.29 Å². The van der Waals surface area contributed by atoms with Crippen LogP contribution in [0.15, 0.2) is 48.6 Å². The van der Waals surface area contributed by atoms with E-state index in [9.17, 15) is 0 Å². The van der Waals surface area contributed by atoms with Crippen LogP contribution in [0.3, 0.4) is 0 Å². The van der Waals surface area contributed by atoms with E-state index in [1.54, 1.807) is 12.2 Å². The van der Waals surface area contributed by atoms with Crippen LogP contribution in [-0.2, 0) is 9.47 Å². The smallest absolute Gasteiger partial charge is 0.177 e. The van der Waals surface area contributed by atoms with Gasteiger partial charge in [-0.2, -0.15) is 0 Å². The largest absolute Gasteiger partial charge is 0.344 e. The van der Waals surface area contributed by atoms with Crippen LogP contribution < -0.4 is 0 Å². The third-order valence-electron chi connectivity index (χ3n) is 2.06. The Morgan fingerprint density at radius 1 is 0.944 bits per heavy atom. The third kappa shape index (κ3) is 7.25. The van der Waals surface area contributed by atoms with Crippen LogP contribution in [-0.4, -0.2) is 19.5 Å². The van der Waals surface area contributed by atoms with Crippen LogP contribution in [0.1, 0.15) is 34.6 Å². The van der Waals surface area contributed by atoms with Gasteiger partial charge in [-0.15, -0.1) is 0 Å². The molecule has 0 fully saturated rings. The highest BCUT2D eigenvalue weighted by molar-refractivity contribution is 5.32. The van der Waals surface area contributed by atoms with E-state index < -0.39 is 0 Å². The molecule has 2 nitrogen and oxygen atoms in total. The summed E-state index contributed by atoms with van der Waals surface area (Å²) in [7, 11) is 0. The van der Waals surface area contributed by atoms with Gasteiger partial charge in [0.1, 0.15) is 0 Å². The lowest BCUT2D eigenvalue weighted by molar-refractivity contribution is -0.0895. The van der Waals surface area contributed by atoms with Crippen molar-refractivity contribution in [3.05, 3.63) is 48.6 Å². The SMILES string of the molecule is C=CC1=C(C=C)COC(/C=C/C)OC1.CC.CC. The molecule has 0 radical (unpaired) electrons. The van der Waals surface area contributed by atoms with Crippen molar-refractivity contribution < 1.29 is 9.47 Å². The van der Waals surface area contributed by atoms with Crippen molar-refractivity contribution in [3.63, 3.8) is 0 Å². The Labute approximate surface area is 113 Å². The molecule has 0 aliphatic carbocycles. The summed E-state index contributed by atoms with van der Waals surface area (Å²) in [5, 5.41) is 0. The van der Waals surface area contributed by atoms with Crippen LogP contribution in [0.4, 0.5) is 0 Å². The van der Waals surface area contributed by atoms with Gasteiger partial charge in [0.2, 0.25) is 0 Å². The molecule has 0 amide bonds. The highest BCUT2D eigenvalue weighted by atomic mass is 16.7. The molecule has 0 aromatic heterocycles. The van der Waals surface area contributed by atoms with Gasteiger partial charge in [0, 0.05) is 0 Å². The number of allylic oxidation sites excluding steroid dienone is 1. The third-order valence-corrected chi connectivity index (χ3v) is 2.06. The van der Waals surface area contributed by atoms with E-state index in [2.05, 4.69) is 13.2 Å². The fourth-order valence-corrected chi connectivity index (χ4v) is 1.23. The van der Waals surface area contributed by atoms with Crippen LogP contribution in [0.2, 0.25) is 0 Å². The van der Waals surface area contributed by atoms with Gasteiger partial charge in [-0.3, -0.25) is 0 Å². The molecule has 0 N–H and O–H groups in total. The summed E-state index contributed by atoms with van der Waals surface area (Å²) in [5.41, 5.74) is 2.10. The fourth-order valence-electron chi connectivity index (χ4n) is 1.23. The minimum atomic E-state index is -0.257. The first kappa shape index (κ1) is 19.2. The van der Waals surface area contributed by atoms with Crippen LogP contribution >= 0.6 is 0 Å². The first-order valence-corrected chi connectivity index (χ1v) is 6.64. The van der Waals surface area contributed by atoms with Gasteiger partial charge >= 0.3 is 0 Å². The lowest BCUT2D eigenvalue weighted by Gasteiger charge is -2.10. The monoisotopic (exact) mass is 252 g/mol. The fraction of sp³-hybridized carbons (Fsp3) is 0.500. The van der Waals surface area contributed by atoms with E-state index in [4.69, 9.17) is 9.47 Å². The van der Waals surface area contributed by atoms with Gasteiger partial charge in [-0.1, -0.05) is 59.1 Å². The van der Waals surface area contributed by atoms with Crippen molar-refractivity contribution >= 4 is 0 Å². The second-order valence-electron chi connectivity index (χ2n) is 2.97. The Balaban J connectivity index is 0. The summed E-state index contributed by atoms with van der Waals surface area (Å²) in [6.45, 7) is 18.5. The zero-order valence-electron chi connectivity index (χ0n) is 12.5. The summed E-state index contributed by atoms with van der Waals surface area (Å²) in [4.78, 5) is 0. The molecule has 1 heterocycles. The molecule has 0 spiro atoms. The Kier molecular flexibility index (Phi) is 14.9. The molecule has 0 atom stereocenters. The minimum Gasteiger partial charge on any atom is -0.344 e. The first-order valence-electron chi connectivity index (χ1n) is 6.64. The standard InChI is InChI=1S/C12H16O2.2C2H6/c1-4-7-12-13-8-10(5-2)11(6-3)9-14-12;2*1-2/h4-7,12H,2-3,8-9H2,1H3;2*1-2H3/b7-4+;;. The zero-order valence-corrected chi connectivity index (χ0v) is 12.5. The van der Waals surface area contributed by atoms with Crippen molar-refractivity contribution in [2.75, 3.05) is 13.2 Å². The number of hydrogen-bond acceptors (Lipinski definition) is 2. The zero-order chi connectivity index (χ0) is 14.4. The summed E-state index contributed by atoms with van der Waals surface area (Å²) < 4.78 is 11.0. The summed E-state index contributed by atoms with van der Waals surface area (Å²) in [6, 6.07) is 0. The van der Waals surface area contributed by atoms with Gasteiger partial charge in [0.05, 0.1) is 13.2 Å². The first-order chi connectivity index (χ1) is 8.81. The Hall–Kier alpha value is -1.12. The molecule has 2 heteroatoms. The number of rotatable bonds is 3. The topological polar surface area (TPSA) is 18.5 Å². The minimum absolute atomic E-state index is 0.257. The van der Waals surface area contributed by atoms with Crippen molar-refractivity contribution in [1.29, 1.82) is 0 Å². The van der Waals surface area contributed by atoms with E-state index in [1.165, 1.54) is 0 Å². The molecule has 0 unspecified atom stereocenters. The summed E-state index contributed by atoms with van der Waals surface area (Å²) in [6.07, 6.45) is 7.12. The Morgan fingerprint density at radius 3 is 1.61 bits per heavy atom. The average Bonchev–Trinajstić information content (AvgIpc) is 2.65. The maximum Gasteiger partial charge on any atom is 0.177 e. The second kappa shape index (κ2) is 13.9. The van der Waals surface area contributed by atoms with Gasteiger partial charge in [-0.25, -0.2) is 0 Å². The quantitative estimate of drug-likeness (QED) is 0.680. The molecule has 0 aromatic carbocycles. The van der Waals surface area contributed by atoms with Crippen LogP contribution in [0.25, 0.3) is 0 Å². The predicted molar refractivity (Wildman–Crippen MR) is 80.6 cm³/mol.